The van der Waals surface area contributed by atoms with E-state index >= 15 is 0 Å². The number of piperidine rings is 1. The van der Waals surface area contributed by atoms with Crippen LogP contribution in [0.1, 0.15) is 13.3 Å². The van der Waals surface area contributed by atoms with E-state index in [0.717, 1.165) is 13.0 Å². The van der Waals surface area contributed by atoms with Gasteiger partial charge in [-0.3, -0.25) is 15.0 Å². The molecule has 0 aromatic heterocycles. The number of nitrogens with one attached hydrogen (secondary N) is 1. The van der Waals surface area contributed by atoms with Gasteiger partial charge in [0.1, 0.15) is 0 Å². The molecule has 0 spiro atoms. The van der Waals surface area contributed by atoms with E-state index in [4.69, 9.17) is 11.5 Å². The molecule has 6 heteroatoms. The molecule has 0 saturated carbocycles. The standard InChI is InChI=1S/C9H18N4O2/c1-6-2-7(10)4-13(3-6)5-8(14)12-9(11)15/h6-7H,2-5,10H2,1H3,(H3,11,12,14,15). The average molecular weight is 214 g/mol. The van der Waals surface area contributed by atoms with E-state index in [9.17, 15) is 9.59 Å². The molecule has 2 atom stereocenters. The van der Waals surface area contributed by atoms with Gasteiger partial charge in [0.25, 0.3) is 0 Å². The predicted molar refractivity (Wildman–Crippen MR) is 55.9 cm³/mol. The molecule has 1 rings (SSSR count). The molecule has 1 fully saturated rings. The normalized spacial score (nSPS) is 27.3. The highest BCUT2D eigenvalue weighted by molar-refractivity contribution is 5.94. The van der Waals surface area contributed by atoms with Gasteiger partial charge in [-0.1, -0.05) is 6.92 Å². The fourth-order valence-electron chi connectivity index (χ4n) is 2.02. The lowest BCUT2D eigenvalue weighted by atomic mass is 9.97. The molecule has 0 aromatic rings. The minimum Gasteiger partial charge on any atom is -0.351 e. The van der Waals surface area contributed by atoms with Gasteiger partial charge in [-0.2, -0.15) is 0 Å². The van der Waals surface area contributed by atoms with E-state index in [1.54, 1.807) is 0 Å². The molecule has 0 aliphatic carbocycles. The van der Waals surface area contributed by atoms with Crippen LogP contribution in [-0.2, 0) is 4.79 Å². The van der Waals surface area contributed by atoms with E-state index in [1.165, 1.54) is 0 Å². The molecule has 0 aromatic carbocycles. The zero-order valence-corrected chi connectivity index (χ0v) is 8.90. The molecule has 1 heterocycles. The number of hydrogen-bond acceptors (Lipinski definition) is 4. The summed E-state index contributed by atoms with van der Waals surface area (Å²) in [5.41, 5.74) is 10.7. The Hall–Kier alpha value is -1.14. The van der Waals surface area contributed by atoms with Gasteiger partial charge in [0.05, 0.1) is 6.54 Å². The number of nitrogens with zero attached hydrogens (tertiary/aromatic N) is 1. The minimum atomic E-state index is -0.811. The molecule has 6 nitrogen and oxygen atoms in total. The maximum absolute atomic E-state index is 11.2. The summed E-state index contributed by atoms with van der Waals surface area (Å²) < 4.78 is 0. The summed E-state index contributed by atoms with van der Waals surface area (Å²) in [6.45, 7) is 3.80. The lowest BCUT2D eigenvalue weighted by Gasteiger charge is -2.34. The van der Waals surface area contributed by atoms with E-state index in [2.05, 4.69) is 6.92 Å². The van der Waals surface area contributed by atoms with Crippen molar-refractivity contribution in [2.75, 3.05) is 19.6 Å². The van der Waals surface area contributed by atoms with Gasteiger partial charge < -0.3 is 11.5 Å². The molecule has 1 saturated heterocycles. The van der Waals surface area contributed by atoms with Gasteiger partial charge >= 0.3 is 6.03 Å². The van der Waals surface area contributed by atoms with Gasteiger partial charge in [0.2, 0.25) is 5.91 Å². The Kier molecular flexibility index (Phi) is 4.05. The number of carbonyl (C=O) groups excluding carboxylic acids is 2. The molecular weight excluding hydrogens is 196 g/mol. The first kappa shape index (κ1) is 11.9. The molecule has 3 amide bonds. The number of urea groups is 1. The van der Waals surface area contributed by atoms with E-state index < -0.39 is 6.03 Å². The van der Waals surface area contributed by atoms with Crippen molar-refractivity contribution in [2.45, 2.75) is 19.4 Å². The average Bonchev–Trinajstić information content (AvgIpc) is 1.98. The molecule has 0 radical (unpaired) electrons. The molecule has 15 heavy (non-hydrogen) atoms. The van der Waals surface area contributed by atoms with Crippen LogP contribution in [0.5, 0.6) is 0 Å². The number of likely N-dealkylation sites (tertiary alicyclic amines) is 1. The topological polar surface area (TPSA) is 101 Å². The lowest BCUT2D eigenvalue weighted by Crippen LogP contribution is -2.50. The van der Waals surface area contributed by atoms with E-state index in [1.807, 2.05) is 10.2 Å². The Morgan fingerprint density at radius 1 is 1.47 bits per heavy atom. The number of carbonyl (C=O) groups is 2. The van der Waals surface area contributed by atoms with Crippen LogP contribution in [0.2, 0.25) is 0 Å². The van der Waals surface area contributed by atoms with Crippen molar-refractivity contribution >= 4 is 11.9 Å². The summed E-state index contributed by atoms with van der Waals surface area (Å²) in [6.07, 6.45) is 0.980. The lowest BCUT2D eigenvalue weighted by molar-refractivity contribution is -0.121. The van der Waals surface area contributed by atoms with Gasteiger partial charge in [-0.05, 0) is 12.3 Å². The second-order valence-electron chi connectivity index (χ2n) is 4.21. The SMILES string of the molecule is CC1CC(N)CN(CC(=O)NC(N)=O)C1. The Morgan fingerprint density at radius 3 is 2.67 bits per heavy atom. The number of amides is 3. The Balaban J connectivity index is 2.37. The third kappa shape index (κ3) is 4.26. The second kappa shape index (κ2) is 5.09. The van der Waals surface area contributed by atoms with Crippen molar-refractivity contribution in [3.63, 3.8) is 0 Å². The summed E-state index contributed by atoms with van der Waals surface area (Å²) in [6, 6.07) is -0.704. The van der Waals surface area contributed by atoms with Crippen LogP contribution < -0.4 is 16.8 Å². The van der Waals surface area contributed by atoms with Crippen LogP contribution in [0.4, 0.5) is 4.79 Å². The van der Waals surface area contributed by atoms with E-state index in [0.29, 0.717) is 12.5 Å². The highest BCUT2D eigenvalue weighted by atomic mass is 16.2. The maximum atomic E-state index is 11.2. The predicted octanol–water partition coefficient (Wildman–Crippen LogP) is -1.15. The van der Waals surface area contributed by atoms with Crippen LogP contribution in [0.15, 0.2) is 0 Å². The molecular formula is C9H18N4O2. The first-order valence-corrected chi connectivity index (χ1v) is 5.04. The number of primary amides is 1. The Morgan fingerprint density at radius 2 is 2.13 bits per heavy atom. The summed E-state index contributed by atoms with van der Waals surface area (Å²) in [7, 11) is 0. The van der Waals surface area contributed by atoms with Gasteiger partial charge in [0, 0.05) is 19.1 Å². The zero-order chi connectivity index (χ0) is 11.4. The highest BCUT2D eigenvalue weighted by Crippen LogP contribution is 2.14. The minimum absolute atomic E-state index is 0.107. The van der Waals surface area contributed by atoms with Crippen molar-refractivity contribution in [1.29, 1.82) is 0 Å². The van der Waals surface area contributed by atoms with Crippen LogP contribution in [0.25, 0.3) is 0 Å². The maximum Gasteiger partial charge on any atom is 0.318 e. The molecule has 86 valence electrons. The monoisotopic (exact) mass is 214 g/mol. The number of imide groups is 1. The first-order chi connectivity index (χ1) is 6.97. The van der Waals surface area contributed by atoms with Crippen molar-refractivity contribution in [2.24, 2.45) is 17.4 Å². The number of nitrogens with two attached hydrogens (primary N) is 2. The largest absolute Gasteiger partial charge is 0.351 e. The fraction of sp³-hybridized carbons (Fsp3) is 0.778. The first-order valence-electron chi connectivity index (χ1n) is 5.04. The molecule has 2 unspecified atom stereocenters. The van der Waals surface area contributed by atoms with Crippen LogP contribution >= 0.6 is 0 Å². The quantitative estimate of drug-likeness (QED) is 0.540. The molecule has 5 N–H and O–H groups in total. The fourth-order valence-corrected chi connectivity index (χ4v) is 2.02. The molecule has 1 aliphatic heterocycles. The van der Waals surface area contributed by atoms with Gasteiger partial charge in [-0.15, -0.1) is 0 Å². The van der Waals surface area contributed by atoms with E-state index in [-0.39, 0.29) is 18.5 Å². The number of hydrogen-bond donors (Lipinski definition) is 3. The van der Waals surface area contributed by atoms with Crippen molar-refractivity contribution in [3.8, 4) is 0 Å². The zero-order valence-electron chi connectivity index (χ0n) is 8.90. The second-order valence-corrected chi connectivity index (χ2v) is 4.21. The third-order valence-electron chi connectivity index (χ3n) is 2.40. The van der Waals surface area contributed by atoms with Crippen molar-refractivity contribution in [1.82, 2.24) is 10.2 Å². The third-order valence-corrected chi connectivity index (χ3v) is 2.40. The summed E-state index contributed by atoms with van der Waals surface area (Å²) in [5, 5.41) is 2.04. The summed E-state index contributed by atoms with van der Waals surface area (Å²) in [4.78, 5) is 23.6. The molecule has 0 bridgehead atoms. The van der Waals surface area contributed by atoms with Crippen molar-refractivity contribution in [3.05, 3.63) is 0 Å². The van der Waals surface area contributed by atoms with Crippen LogP contribution in [0.3, 0.4) is 0 Å². The molecule has 1 aliphatic rings. The summed E-state index contributed by atoms with van der Waals surface area (Å²) >= 11 is 0. The number of rotatable bonds is 2. The smallest absolute Gasteiger partial charge is 0.318 e. The van der Waals surface area contributed by atoms with Gasteiger partial charge in [0.15, 0.2) is 0 Å². The Bertz CT molecular complexity index is 246. The Labute approximate surface area is 89.0 Å². The van der Waals surface area contributed by atoms with Crippen LogP contribution in [-0.4, -0.2) is 42.5 Å². The van der Waals surface area contributed by atoms with Crippen LogP contribution in [0, 0.1) is 5.92 Å². The van der Waals surface area contributed by atoms with Gasteiger partial charge in [-0.25, -0.2) is 4.79 Å². The summed E-state index contributed by atoms with van der Waals surface area (Å²) in [5.74, 6) is 0.110. The highest BCUT2D eigenvalue weighted by Gasteiger charge is 2.23. The van der Waals surface area contributed by atoms with Crippen molar-refractivity contribution < 1.29 is 9.59 Å².